The predicted octanol–water partition coefficient (Wildman–Crippen LogP) is 1.29. The van der Waals surface area contributed by atoms with Crippen molar-refractivity contribution in [3.05, 3.63) is 0 Å². The molecule has 0 aromatic rings. The molecule has 4 heavy (non-hydrogen) atoms. The molecule has 0 spiro atoms. The molecule has 0 unspecified atom stereocenters. The summed E-state index contributed by atoms with van der Waals surface area (Å²) >= 11 is -0.363. The van der Waals surface area contributed by atoms with Crippen LogP contribution in [0, 0.1) is 0 Å². The Bertz CT molecular complexity index is 27.0. The van der Waals surface area contributed by atoms with Gasteiger partial charge >= 0.3 is 34.6 Å². The van der Waals surface area contributed by atoms with Crippen LogP contribution in [-0.4, -0.2) is 0 Å². The van der Waals surface area contributed by atoms with Gasteiger partial charge in [-0.2, -0.15) is 0 Å². The topological polar surface area (TPSA) is 0 Å². The van der Waals surface area contributed by atoms with Crippen molar-refractivity contribution < 1.29 is 32.0 Å². The summed E-state index contributed by atoms with van der Waals surface area (Å²) in [6.45, 7) is 0. The molecule has 0 saturated carbocycles. The van der Waals surface area contributed by atoms with Gasteiger partial charge in [0.25, 0.3) is 0 Å². The van der Waals surface area contributed by atoms with E-state index in [0.717, 1.165) is 0 Å². The quantitative estimate of drug-likeness (QED) is 0.559. The molecule has 0 N–H and O–H groups in total. The summed E-state index contributed by atoms with van der Waals surface area (Å²) in [5, 5.41) is 0. The summed E-state index contributed by atoms with van der Waals surface area (Å²) in [5.41, 5.74) is 0. The average molecular weight is 216 g/mol. The van der Waals surface area contributed by atoms with Crippen molar-refractivity contribution >= 4 is 19.6 Å². The number of hydrogen-bond acceptors (Lipinski definition) is 2. The fraction of sp³-hybridized carbons (Fsp3) is 0. The van der Waals surface area contributed by atoms with E-state index >= 15 is 0 Å². The Labute approximate surface area is 51.2 Å². The first-order valence-electron chi connectivity index (χ1n) is 0.333. The third-order valence-electron chi connectivity index (χ3n) is 0. The van der Waals surface area contributed by atoms with Gasteiger partial charge in [-0.25, -0.2) is 0 Å². The van der Waals surface area contributed by atoms with Gasteiger partial charge in [-0.05, 0) is 0 Å². The Hall–Kier alpha value is 1.65. The molecule has 0 aliphatic rings. The van der Waals surface area contributed by atoms with E-state index in [9.17, 15) is 0 Å². The van der Waals surface area contributed by atoms with Gasteiger partial charge in [0, 0.05) is 17.1 Å². The predicted molar refractivity (Wildman–Crippen MR) is 15.2 cm³/mol. The molecule has 0 aromatic carbocycles. The molecule has 0 bridgehead atoms. The van der Waals surface area contributed by atoms with Gasteiger partial charge in [0.05, 0.1) is 0 Å². The fourth-order valence-corrected chi connectivity index (χ4v) is 0. The molecule has 0 rings (SSSR count). The zero-order chi connectivity index (χ0) is 2.71. The van der Waals surface area contributed by atoms with Crippen molar-refractivity contribution in [2.24, 2.45) is 0 Å². The third kappa shape index (κ3) is 9.42. The van der Waals surface area contributed by atoms with Crippen molar-refractivity contribution in [3.8, 4) is 0 Å². The summed E-state index contributed by atoms with van der Waals surface area (Å²) in [6, 6.07) is 0. The van der Waals surface area contributed by atoms with E-state index in [4.69, 9.17) is 0 Å². The molecule has 0 aromatic heterocycles. The fourth-order valence-electron chi connectivity index (χ4n) is 0. The minimum atomic E-state index is -0.363. The van der Waals surface area contributed by atoms with Crippen molar-refractivity contribution in [1.29, 1.82) is 0 Å². The second-order valence-electron chi connectivity index (χ2n) is 0.0680. The van der Waals surface area contributed by atoms with Crippen LogP contribution >= 0.6 is 19.6 Å². The van der Waals surface area contributed by atoms with Crippen molar-refractivity contribution in [2.45, 2.75) is 0 Å². The first kappa shape index (κ1) is 9.17. The molecule has 0 heterocycles. The van der Waals surface area contributed by atoms with Gasteiger partial charge in [-0.1, -0.05) is 0 Å². The maximum absolute atomic E-state index is 4.34. The summed E-state index contributed by atoms with van der Waals surface area (Å²) < 4.78 is 0. The van der Waals surface area contributed by atoms with Crippen LogP contribution in [0.1, 0.15) is 0 Å². The molecule has 0 aliphatic heterocycles. The molecule has 0 aliphatic carbocycles. The van der Waals surface area contributed by atoms with Gasteiger partial charge in [-0.15, -0.1) is 0 Å². The summed E-state index contributed by atoms with van der Waals surface area (Å²) in [4.78, 5) is 0. The van der Waals surface area contributed by atoms with Crippen LogP contribution in [0.25, 0.3) is 0 Å². The van der Waals surface area contributed by atoms with Crippen LogP contribution in [0.4, 0.5) is 0 Å². The van der Waals surface area contributed by atoms with Gasteiger partial charge in [0.2, 0.25) is 0 Å². The van der Waals surface area contributed by atoms with Gasteiger partial charge in [0.15, 0.2) is 0 Å². The van der Waals surface area contributed by atoms with E-state index in [-0.39, 0.29) is 32.0 Å². The molecular formula is FeMoS2. The Morgan fingerprint density at radius 1 is 1.25 bits per heavy atom. The second-order valence-corrected chi connectivity index (χ2v) is 3.62. The van der Waals surface area contributed by atoms with Crippen LogP contribution in [0.2, 0.25) is 0 Å². The molecule has 4 heteroatoms. The summed E-state index contributed by atoms with van der Waals surface area (Å²) in [7, 11) is 8.68. The van der Waals surface area contributed by atoms with E-state index in [2.05, 4.69) is 19.6 Å². The zero-order valence-electron chi connectivity index (χ0n) is 1.58. The Balaban J connectivity index is 0. The Morgan fingerprint density at radius 2 is 1.25 bits per heavy atom. The number of rotatable bonds is 0. The monoisotopic (exact) mass is 218 g/mol. The standard InChI is InChI=1S/Fe.Mo.2S. The Kier molecular flexibility index (Phi) is 20.2. The van der Waals surface area contributed by atoms with Crippen LogP contribution in [0.5, 0.6) is 0 Å². The van der Waals surface area contributed by atoms with E-state index in [0.29, 0.717) is 0 Å². The Morgan fingerprint density at radius 3 is 1.25 bits per heavy atom. The molecule has 0 saturated heterocycles. The zero-order valence-corrected chi connectivity index (χ0v) is 6.32. The first-order chi connectivity index (χ1) is 1.41. The van der Waals surface area contributed by atoms with Crippen LogP contribution in [0.15, 0.2) is 0 Å². The third-order valence-corrected chi connectivity index (χ3v) is 0. The second kappa shape index (κ2) is 8.82. The molecule has 0 radical (unpaired) electrons. The molecular weight excluding hydrogens is 216 g/mol. The van der Waals surface area contributed by atoms with E-state index in [1.165, 1.54) is 0 Å². The van der Waals surface area contributed by atoms with Crippen molar-refractivity contribution in [2.75, 3.05) is 0 Å². The average Bonchev–Trinajstić information content (AvgIpc) is 0.918. The van der Waals surface area contributed by atoms with Crippen LogP contribution < -0.4 is 0 Å². The van der Waals surface area contributed by atoms with Crippen LogP contribution in [0.3, 0.4) is 0 Å². The first-order valence-corrected chi connectivity index (χ1v) is 5.92. The molecule has 0 nitrogen and oxygen atoms in total. The molecule has 0 atom stereocenters. The summed E-state index contributed by atoms with van der Waals surface area (Å²) in [5.74, 6) is 0. The normalized spacial score (nSPS) is 3.00. The van der Waals surface area contributed by atoms with Gasteiger partial charge < -0.3 is 0 Å². The summed E-state index contributed by atoms with van der Waals surface area (Å²) in [6.07, 6.45) is 0. The van der Waals surface area contributed by atoms with E-state index < -0.39 is 0 Å². The SMILES string of the molecule is [Fe].[S]=[Mo]=[S]. The van der Waals surface area contributed by atoms with Crippen molar-refractivity contribution in [1.82, 2.24) is 0 Å². The minimum absolute atomic E-state index is 0. The maximum atomic E-state index is 4.34. The van der Waals surface area contributed by atoms with Gasteiger partial charge in [-0.3, -0.25) is 0 Å². The van der Waals surface area contributed by atoms with E-state index in [1.807, 2.05) is 0 Å². The number of hydrogen-bond donors (Lipinski definition) is 0. The molecule has 0 fully saturated rings. The molecule has 26 valence electrons. The van der Waals surface area contributed by atoms with E-state index in [1.54, 1.807) is 0 Å². The van der Waals surface area contributed by atoms with Crippen LogP contribution in [-0.2, 0) is 32.0 Å². The molecule has 0 amide bonds. The van der Waals surface area contributed by atoms with Gasteiger partial charge in [0.1, 0.15) is 0 Å². The van der Waals surface area contributed by atoms with Crippen molar-refractivity contribution in [3.63, 3.8) is 0 Å².